The lowest BCUT2D eigenvalue weighted by Gasteiger charge is -2.17. The third-order valence-corrected chi connectivity index (χ3v) is 5.34. The highest BCUT2D eigenvalue weighted by Crippen LogP contribution is 2.28. The summed E-state index contributed by atoms with van der Waals surface area (Å²) in [6.45, 7) is 0.348. The van der Waals surface area contributed by atoms with Crippen molar-refractivity contribution >= 4 is 29.3 Å². The fraction of sp³-hybridized carbons (Fsp3) is 0.211. The predicted octanol–water partition coefficient (Wildman–Crippen LogP) is 4.03. The molecule has 0 bridgehead atoms. The Balaban J connectivity index is 1.63. The van der Waals surface area contributed by atoms with Crippen LogP contribution in [-0.4, -0.2) is 38.4 Å². The van der Waals surface area contributed by atoms with Crippen LogP contribution in [0.5, 0.6) is 0 Å². The SMILES string of the molecule is CN(Cc1cccc(F)c1)C(=O)CSc1nnc(-c2ccccc2Cl)n1C. The highest BCUT2D eigenvalue weighted by molar-refractivity contribution is 7.99. The number of benzene rings is 2. The Hall–Kier alpha value is -2.38. The molecule has 0 unspecified atom stereocenters. The van der Waals surface area contributed by atoms with Crippen LogP contribution in [0.1, 0.15) is 5.56 Å². The zero-order valence-corrected chi connectivity index (χ0v) is 16.5. The van der Waals surface area contributed by atoms with Crippen LogP contribution < -0.4 is 0 Å². The lowest BCUT2D eigenvalue weighted by Crippen LogP contribution is -2.27. The fourth-order valence-corrected chi connectivity index (χ4v) is 3.62. The number of amides is 1. The first-order valence-electron chi connectivity index (χ1n) is 8.21. The molecule has 0 aliphatic carbocycles. The Morgan fingerprint density at radius 3 is 2.74 bits per heavy atom. The molecule has 8 heteroatoms. The van der Waals surface area contributed by atoms with E-state index in [2.05, 4.69) is 10.2 Å². The third-order valence-electron chi connectivity index (χ3n) is 4.01. The van der Waals surface area contributed by atoms with Crippen LogP contribution in [0.4, 0.5) is 4.39 Å². The number of thioether (sulfide) groups is 1. The summed E-state index contributed by atoms with van der Waals surface area (Å²) in [4.78, 5) is 13.9. The number of nitrogens with zero attached hydrogens (tertiary/aromatic N) is 4. The number of carbonyl (C=O) groups excluding carboxylic acids is 1. The fourth-order valence-electron chi connectivity index (χ4n) is 2.55. The number of halogens is 2. The van der Waals surface area contributed by atoms with Gasteiger partial charge in [-0.15, -0.1) is 10.2 Å². The van der Waals surface area contributed by atoms with Gasteiger partial charge in [-0.2, -0.15) is 0 Å². The monoisotopic (exact) mass is 404 g/mol. The van der Waals surface area contributed by atoms with Crippen LogP contribution >= 0.6 is 23.4 Å². The summed E-state index contributed by atoms with van der Waals surface area (Å²) < 4.78 is 15.1. The van der Waals surface area contributed by atoms with Crippen molar-refractivity contribution in [2.45, 2.75) is 11.7 Å². The summed E-state index contributed by atoms with van der Waals surface area (Å²) in [5, 5.41) is 9.56. The highest BCUT2D eigenvalue weighted by Gasteiger charge is 2.16. The van der Waals surface area contributed by atoms with Crippen LogP contribution in [-0.2, 0) is 18.4 Å². The molecule has 1 heterocycles. The van der Waals surface area contributed by atoms with Gasteiger partial charge >= 0.3 is 0 Å². The zero-order chi connectivity index (χ0) is 19.4. The molecule has 1 amide bonds. The zero-order valence-electron chi connectivity index (χ0n) is 14.9. The molecule has 0 spiro atoms. The van der Waals surface area contributed by atoms with Crippen LogP contribution in [0.2, 0.25) is 5.02 Å². The molecule has 0 fully saturated rings. The van der Waals surface area contributed by atoms with Gasteiger partial charge in [-0.25, -0.2) is 4.39 Å². The van der Waals surface area contributed by atoms with E-state index in [0.717, 1.165) is 11.1 Å². The molecule has 0 aliphatic heterocycles. The van der Waals surface area contributed by atoms with Gasteiger partial charge in [0.25, 0.3) is 0 Å². The van der Waals surface area contributed by atoms with Crippen molar-refractivity contribution in [1.29, 1.82) is 0 Å². The van der Waals surface area contributed by atoms with E-state index in [1.165, 1.54) is 23.9 Å². The molecule has 0 saturated carbocycles. The molecule has 3 rings (SSSR count). The maximum Gasteiger partial charge on any atom is 0.233 e. The molecule has 3 aromatic rings. The molecule has 0 saturated heterocycles. The topological polar surface area (TPSA) is 51.0 Å². The second kappa shape index (κ2) is 8.54. The maximum atomic E-state index is 13.3. The van der Waals surface area contributed by atoms with Gasteiger partial charge in [-0.3, -0.25) is 4.79 Å². The van der Waals surface area contributed by atoms with Crippen molar-refractivity contribution in [3.8, 4) is 11.4 Å². The van der Waals surface area contributed by atoms with E-state index in [-0.39, 0.29) is 17.5 Å². The quantitative estimate of drug-likeness (QED) is 0.582. The molecule has 27 heavy (non-hydrogen) atoms. The van der Waals surface area contributed by atoms with Crippen molar-refractivity contribution in [1.82, 2.24) is 19.7 Å². The molecule has 140 valence electrons. The van der Waals surface area contributed by atoms with Gasteiger partial charge < -0.3 is 9.47 Å². The van der Waals surface area contributed by atoms with Crippen LogP contribution in [0.15, 0.2) is 53.7 Å². The predicted molar refractivity (Wildman–Crippen MR) is 105 cm³/mol. The third kappa shape index (κ3) is 4.67. The minimum Gasteiger partial charge on any atom is -0.341 e. The van der Waals surface area contributed by atoms with Crippen LogP contribution in [0, 0.1) is 5.82 Å². The molecule has 5 nitrogen and oxygen atoms in total. The normalized spacial score (nSPS) is 10.8. The molecule has 2 aromatic carbocycles. The van der Waals surface area contributed by atoms with Crippen LogP contribution in [0.3, 0.4) is 0 Å². The maximum absolute atomic E-state index is 13.3. The molecule has 0 radical (unpaired) electrons. The Kier molecular flexibility index (Phi) is 6.13. The lowest BCUT2D eigenvalue weighted by atomic mass is 10.2. The summed E-state index contributed by atoms with van der Waals surface area (Å²) in [5.74, 6) is 0.462. The average Bonchev–Trinajstić information content (AvgIpc) is 3.00. The van der Waals surface area contributed by atoms with Gasteiger partial charge in [0.15, 0.2) is 11.0 Å². The summed E-state index contributed by atoms with van der Waals surface area (Å²) in [6.07, 6.45) is 0. The summed E-state index contributed by atoms with van der Waals surface area (Å²) in [7, 11) is 3.53. The van der Waals surface area contributed by atoms with Crippen molar-refractivity contribution in [3.63, 3.8) is 0 Å². The van der Waals surface area contributed by atoms with E-state index >= 15 is 0 Å². The number of aromatic nitrogens is 3. The number of carbonyl (C=O) groups is 1. The summed E-state index contributed by atoms with van der Waals surface area (Å²) >= 11 is 7.52. The number of hydrogen-bond donors (Lipinski definition) is 0. The van der Waals surface area contributed by atoms with Gasteiger partial charge in [0.05, 0.1) is 10.8 Å². The lowest BCUT2D eigenvalue weighted by molar-refractivity contribution is -0.127. The molecule has 0 aliphatic rings. The van der Waals surface area contributed by atoms with E-state index in [4.69, 9.17) is 11.6 Å². The first-order chi connectivity index (χ1) is 13.0. The van der Waals surface area contributed by atoms with E-state index in [1.54, 1.807) is 30.1 Å². The molecular weight excluding hydrogens is 387 g/mol. The number of hydrogen-bond acceptors (Lipinski definition) is 4. The minimum atomic E-state index is -0.311. The summed E-state index contributed by atoms with van der Waals surface area (Å²) in [6, 6.07) is 13.6. The molecule has 1 aromatic heterocycles. The Labute approximate surface area is 166 Å². The summed E-state index contributed by atoms with van der Waals surface area (Å²) in [5.41, 5.74) is 1.53. The Bertz CT molecular complexity index is 962. The minimum absolute atomic E-state index is 0.0773. The second-order valence-electron chi connectivity index (χ2n) is 6.01. The van der Waals surface area contributed by atoms with Crippen molar-refractivity contribution in [2.75, 3.05) is 12.8 Å². The molecule has 0 atom stereocenters. The standard InChI is InChI=1S/C19H18ClFN4OS/c1-24(11-13-6-5-7-14(21)10-13)17(26)12-27-19-23-22-18(25(19)2)15-8-3-4-9-16(15)20/h3-10H,11-12H2,1-2H3. The molecular formula is C19H18ClFN4OS. The van der Waals surface area contributed by atoms with Crippen molar-refractivity contribution < 1.29 is 9.18 Å². The average molecular weight is 405 g/mol. The van der Waals surface area contributed by atoms with Crippen LogP contribution in [0.25, 0.3) is 11.4 Å². The van der Waals surface area contributed by atoms with Crippen molar-refractivity contribution in [2.24, 2.45) is 7.05 Å². The van der Waals surface area contributed by atoms with E-state index < -0.39 is 0 Å². The largest absolute Gasteiger partial charge is 0.341 e. The smallest absolute Gasteiger partial charge is 0.233 e. The van der Waals surface area contributed by atoms with Gasteiger partial charge in [0, 0.05) is 26.2 Å². The number of rotatable bonds is 6. The Morgan fingerprint density at radius 2 is 2.00 bits per heavy atom. The van der Waals surface area contributed by atoms with Gasteiger partial charge in [0.1, 0.15) is 5.82 Å². The second-order valence-corrected chi connectivity index (χ2v) is 7.36. The van der Waals surface area contributed by atoms with E-state index in [1.807, 2.05) is 29.8 Å². The molecule has 0 N–H and O–H groups in total. The van der Waals surface area contributed by atoms with Gasteiger partial charge in [-0.1, -0.05) is 47.6 Å². The highest BCUT2D eigenvalue weighted by atomic mass is 35.5. The van der Waals surface area contributed by atoms with E-state index in [9.17, 15) is 9.18 Å². The first kappa shape index (κ1) is 19.4. The van der Waals surface area contributed by atoms with Crippen molar-refractivity contribution in [3.05, 3.63) is 64.9 Å². The van der Waals surface area contributed by atoms with E-state index in [0.29, 0.717) is 22.5 Å². The van der Waals surface area contributed by atoms with Gasteiger partial charge in [0.2, 0.25) is 5.91 Å². The van der Waals surface area contributed by atoms with Gasteiger partial charge in [-0.05, 0) is 29.8 Å². The first-order valence-corrected chi connectivity index (χ1v) is 9.57. The Morgan fingerprint density at radius 1 is 1.22 bits per heavy atom.